The van der Waals surface area contributed by atoms with E-state index < -0.39 is 0 Å². The van der Waals surface area contributed by atoms with Gasteiger partial charge in [0.15, 0.2) is 5.43 Å². The molecule has 1 aliphatic rings. The number of aryl methyl sites for hydroxylation is 1. The first-order chi connectivity index (χ1) is 17.0. The van der Waals surface area contributed by atoms with Crippen LogP contribution in [0.2, 0.25) is 0 Å². The van der Waals surface area contributed by atoms with Crippen LogP contribution in [-0.4, -0.2) is 36.1 Å². The minimum atomic E-state index is 0.0644. The second-order valence-corrected chi connectivity index (χ2v) is 9.63. The quantitative estimate of drug-likeness (QED) is 0.398. The summed E-state index contributed by atoms with van der Waals surface area (Å²) in [5, 5.41) is 8.87. The Labute approximate surface area is 205 Å². The molecule has 5 rings (SSSR count). The first-order valence-corrected chi connectivity index (χ1v) is 12.5. The predicted octanol–water partition coefficient (Wildman–Crippen LogP) is 4.88. The van der Waals surface area contributed by atoms with Gasteiger partial charge in [0, 0.05) is 43.7 Å². The molecule has 182 valence electrons. The van der Waals surface area contributed by atoms with Gasteiger partial charge in [-0.05, 0) is 61.9 Å². The Hall–Kier alpha value is -3.45. The van der Waals surface area contributed by atoms with Crippen molar-refractivity contribution >= 4 is 33.6 Å². The minimum Gasteiger partial charge on any atom is -0.464 e. The van der Waals surface area contributed by atoms with E-state index in [1.807, 2.05) is 55.4 Å². The molecule has 4 aromatic rings. The van der Waals surface area contributed by atoms with Gasteiger partial charge in [0.1, 0.15) is 11.4 Å². The van der Waals surface area contributed by atoms with Gasteiger partial charge in [-0.3, -0.25) is 4.79 Å². The van der Waals surface area contributed by atoms with Gasteiger partial charge in [-0.25, -0.2) is 4.98 Å². The van der Waals surface area contributed by atoms with Crippen LogP contribution in [0.25, 0.3) is 21.9 Å². The number of hydrogen-bond donors (Lipinski definition) is 2. The minimum absolute atomic E-state index is 0.0644. The maximum absolute atomic E-state index is 13.0. The topological polar surface area (TPSA) is 83.3 Å². The number of aromatic nitrogens is 2. The lowest BCUT2D eigenvalue weighted by Crippen LogP contribution is -2.37. The van der Waals surface area contributed by atoms with E-state index in [1.165, 1.54) is 0 Å². The number of rotatable bonds is 7. The van der Waals surface area contributed by atoms with Crippen molar-refractivity contribution in [2.75, 3.05) is 24.3 Å². The molecular weight excluding hydrogens is 438 g/mol. The van der Waals surface area contributed by atoms with E-state index in [4.69, 9.17) is 14.4 Å². The summed E-state index contributed by atoms with van der Waals surface area (Å²) in [6.45, 7) is 2.62. The summed E-state index contributed by atoms with van der Waals surface area (Å²) in [6, 6.07) is 14.7. The van der Waals surface area contributed by atoms with E-state index in [-0.39, 0.29) is 5.43 Å². The predicted molar refractivity (Wildman–Crippen MR) is 142 cm³/mol. The number of nitrogens with one attached hydrogen (secondary N) is 2. The number of para-hydroxylation sites is 1. The van der Waals surface area contributed by atoms with Crippen LogP contribution < -0.4 is 21.0 Å². The molecule has 2 N–H and O–H groups in total. The molecule has 0 radical (unpaired) electrons. The summed E-state index contributed by atoms with van der Waals surface area (Å²) in [5.41, 5.74) is 3.50. The molecule has 1 fully saturated rings. The molecule has 0 atom stereocenters. The molecule has 0 bridgehead atoms. The molecule has 35 heavy (non-hydrogen) atoms. The van der Waals surface area contributed by atoms with Gasteiger partial charge in [-0.2, -0.15) is 4.98 Å². The monoisotopic (exact) mass is 471 g/mol. The number of hydrogen-bond acceptors (Lipinski definition) is 7. The van der Waals surface area contributed by atoms with E-state index in [1.54, 1.807) is 6.26 Å². The lowest BCUT2D eigenvalue weighted by atomic mass is 9.91. The normalized spacial score (nSPS) is 18.1. The fourth-order valence-electron chi connectivity index (χ4n) is 4.90. The summed E-state index contributed by atoms with van der Waals surface area (Å²) >= 11 is 0. The maximum atomic E-state index is 13.0. The first kappa shape index (κ1) is 23.3. The Balaban J connectivity index is 1.20. The summed E-state index contributed by atoms with van der Waals surface area (Å²) < 4.78 is 5.74. The summed E-state index contributed by atoms with van der Waals surface area (Å²) in [4.78, 5) is 24.5. The van der Waals surface area contributed by atoms with Crippen LogP contribution >= 0.6 is 0 Å². The van der Waals surface area contributed by atoms with Crippen LogP contribution in [0.15, 0.2) is 57.9 Å². The molecule has 2 heterocycles. The largest absolute Gasteiger partial charge is 0.464 e. The highest BCUT2D eigenvalue weighted by atomic mass is 16.3. The van der Waals surface area contributed by atoms with Crippen LogP contribution in [0.1, 0.15) is 43.7 Å². The van der Waals surface area contributed by atoms with Gasteiger partial charge in [0.25, 0.3) is 0 Å². The average molecular weight is 472 g/mol. The van der Waals surface area contributed by atoms with Crippen molar-refractivity contribution in [3.8, 4) is 0 Å². The Morgan fingerprint density at radius 3 is 2.54 bits per heavy atom. The van der Waals surface area contributed by atoms with Crippen molar-refractivity contribution in [3.63, 3.8) is 0 Å². The lowest BCUT2D eigenvalue weighted by molar-refractivity contribution is 0.351. The number of fused-ring (bicyclic) bond motifs is 2. The molecule has 0 aliphatic heterocycles. The molecule has 0 saturated heterocycles. The van der Waals surface area contributed by atoms with Crippen LogP contribution in [0, 0.1) is 0 Å². The van der Waals surface area contributed by atoms with Crippen molar-refractivity contribution in [1.29, 1.82) is 0 Å². The fourth-order valence-corrected chi connectivity index (χ4v) is 4.90. The van der Waals surface area contributed by atoms with E-state index in [0.29, 0.717) is 41.1 Å². The number of anilines is 2. The highest BCUT2D eigenvalue weighted by molar-refractivity contribution is 5.90. The van der Waals surface area contributed by atoms with E-state index in [2.05, 4.69) is 23.6 Å². The zero-order valence-corrected chi connectivity index (χ0v) is 20.7. The number of nitrogens with zero attached hydrogens (tertiary/aromatic N) is 3. The second kappa shape index (κ2) is 10.0. The first-order valence-electron chi connectivity index (χ1n) is 12.5. The third kappa shape index (κ3) is 5.00. The van der Waals surface area contributed by atoms with Crippen LogP contribution in [0.3, 0.4) is 0 Å². The molecule has 7 heteroatoms. The highest BCUT2D eigenvalue weighted by Crippen LogP contribution is 2.26. The van der Waals surface area contributed by atoms with Crippen molar-refractivity contribution in [3.05, 3.63) is 70.1 Å². The Kier molecular flexibility index (Phi) is 6.68. The highest BCUT2D eigenvalue weighted by Gasteiger charge is 2.22. The zero-order chi connectivity index (χ0) is 24.4. The van der Waals surface area contributed by atoms with Crippen LogP contribution in [0.4, 0.5) is 11.8 Å². The molecule has 1 aliphatic carbocycles. The van der Waals surface area contributed by atoms with Crippen molar-refractivity contribution in [2.24, 2.45) is 0 Å². The second-order valence-electron chi connectivity index (χ2n) is 9.63. The maximum Gasteiger partial charge on any atom is 0.225 e. The number of benzene rings is 2. The van der Waals surface area contributed by atoms with Crippen molar-refractivity contribution in [1.82, 2.24) is 15.3 Å². The van der Waals surface area contributed by atoms with Crippen LogP contribution in [-0.2, 0) is 13.0 Å². The molecular formula is C28H33N5O2. The lowest BCUT2D eigenvalue weighted by Gasteiger charge is -2.30. The standard InChI is InChI=1S/C28H33N5O2/c1-4-18-9-14-25-23(15-18)26(34)19(17-35-25)16-29-20-10-12-21(13-11-20)30-28-31-24-8-6-5-7-22(24)27(32-28)33(2)3/h5-9,14-15,17,20-21,29H,4,10-13,16H2,1-3H3,(H,30,31,32)/t20-,21+. The Bertz CT molecular complexity index is 1390. The van der Waals surface area contributed by atoms with Crippen LogP contribution in [0.5, 0.6) is 0 Å². The van der Waals surface area contributed by atoms with Crippen molar-refractivity contribution in [2.45, 2.75) is 57.7 Å². The summed E-state index contributed by atoms with van der Waals surface area (Å²) in [5.74, 6) is 1.61. The van der Waals surface area contributed by atoms with Gasteiger partial charge >= 0.3 is 0 Å². The third-order valence-electron chi connectivity index (χ3n) is 6.96. The van der Waals surface area contributed by atoms with E-state index >= 15 is 0 Å². The average Bonchev–Trinajstić information content (AvgIpc) is 2.88. The van der Waals surface area contributed by atoms with E-state index in [9.17, 15) is 4.79 Å². The van der Waals surface area contributed by atoms with Gasteiger partial charge < -0.3 is 20.0 Å². The molecule has 2 aromatic heterocycles. The van der Waals surface area contributed by atoms with Gasteiger partial charge in [-0.1, -0.05) is 25.1 Å². The Morgan fingerprint density at radius 1 is 1.00 bits per heavy atom. The zero-order valence-electron chi connectivity index (χ0n) is 20.7. The molecule has 0 unspecified atom stereocenters. The molecule has 2 aromatic carbocycles. The smallest absolute Gasteiger partial charge is 0.225 e. The fraction of sp³-hybridized carbons (Fsp3) is 0.393. The molecule has 0 amide bonds. The molecule has 1 saturated carbocycles. The van der Waals surface area contributed by atoms with E-state index in [0.717, 1.165) is 54.4 Å². The molecule has 7 nitrogen and oxygen atoms in total. The van der Waals surface area contributed by atoms with Crippen molar-refractivity contribution < 1.29 is 4.42 Å². The van der Waals surface area contributed by atoms with Gasteiger partial charge in [0.2, 0.25) is 5.95 Å². The Morgan fingerprint density at radius 2 is 1.77 bits per heavy atom. The summed E-state index contributed by atoms with van der Waals surface area (Å²) in [7, 11) is 4.02. The SMILES string of the molecule is CCc1ccc2occ(CN[C@H]3CC[C@@H](Nc4nc(N(C)C)c5ccccc5n4)CC3)c(=O)c2c1. The van der Waals surface area contributed by atoms with Gasteiger partial charge in [-0.15, -0.1) is 0 Å². The third-order valence-corrected chi connectivity index (χ3v) is 6.96. The van der Waals surface area contributed by atoms with Gasteiger partial charge in [0.05, 0.1) is 17.2 Å². The summed E-state index contributed by atoms with van der Waals surface area (Å²) in [6.07, 6.45) is 6.62. The molecule has 0 spiro atoms.